The molecule has 2 heterocycles. The number of hydrogen-bond donors (Lipinski definition) is 1. The highest BCUT2D eigenvalue weighted by molar-refractivity contribution is 6.36. The first kappa shape index (κ1) is 12.9. The van der Waals surface area contributed by atoms with Gasteiger partial charge in [-0.1, -0.05) is 23.2 Å². The molecule has 3 rings (SSSR count). The minimum absolute atomic E-state index is 0.331. The van der Waals surface area contributed by atoms with Crippen molar-refractivity contribution in [3.05, 3.63) is 58.5 Å². The van der Waals surface area contributed by atoms with Crippen LogP contribution < -0.4 is 5.32 Å². The van der Waals surface area contributed by atoms with Gasteiger partial charge in [0.15, 0.2) is 5.65 Å². The van der Waals surface area contributed by atoms with Gasteiger partial charge in [0.2, 0.25) is 0 Å². The van der Waals surface area contributed by atoms with Gasteiger partial charge in [-0.25, -0.2) is 9.50 Å². The van der Waals surface area contributed by atoms with Gasteiger partial charge in [-0.3, -0.25) is 4.79 Å². The molecule has 0 fully saturated rings. The summed E-state index contributed by atoms with van der Waals surface area (Å²) < 4.78 is 1.53. The van der Waals surface area contributed by atoms with Crippen LogP contribution in [0.3, 0.4) is 0 Å². The Kier molecular flexibility index (Phi) is 3.30. The molecule has 3 aromatic rings. The first-order valence-electron chi connectivity index (χ1n) is 5.70. The van der Waals surface area contributed by atoms with Crippen LogP contribution in [-0.2, 0) is 0 Å². The molecule has 5 nitrogen and oxygen atoms in total. The van der Waals surface area contributed by atoms with E-state index in [4.69, 9.17) is 23.2 Å². The molecule has 0 aliphatic carbocycles. The normalized spacial score (nSPS) is 10.7. The largest absolute Gasteiger partial charge is 0.320 e. The summed E-state index contributed by atoms with van der Waals surface area (Å²) in [6.45, 7) is 0. The van der Waals surface area contributed by atoms with E-state index >= 15 is 0 Å². The van der Waals surface area contributed by atoms with E-state index in [1.54, 1.807) is 36.7 Å². The number of rotatable bonds is 2. The zero-order valence-electron chi connectivity index (χ0n) is 10.0. The van der Waals surface area contributed by atoms with E-state index in [0.29, 0.717) is 26.9 Å². The molecule has 0 radical (unpaired) electrons. The summed E-state index contributed by atoms with van der Waals surface area (Å²) in [7, 11) is 0. The number of hydrogen-bond acceptors (Lipinski definition) is 3. The number of carbonyl (C=O) groups excluding carboxylic acids is 1. The molecule has 0 unspecified atom stereocenters. The maximum absolute atomic E-state index is 12.2. The van der Waals surface area contributed by atoms with Crippen LogP contribution in [0.15, 0.2) is 42.9 Å². The Bertz CT molecular complexity index is 800. The molecular weight excluding hydrogens is 299 g/mol. The highest BCUT2D eigenvalue weighted by atomic mass is 35.5. The van der Waals surface area contributed by atoms with E-state index in [9.17, 15) is 4.79 Å². The van der Waals surface area contributed by atoms with Crippen molar-refractivity contribution in [2.24, 2.45) is 0 Å². The van der Waals surface area contributed by atoms with E-state index in [0.717, 1.165) is 0 Å². The van der Waals surface area contributed by atoms with Gasteiger partial charge < -0.3 is 5.32 Å². The Labute approximate surface area is 124 Å². The van der Waals surface area contributed by atoms with Crippen LogP contribution in [0.1, 0.15) is 10.4 Å². The summed E-state index contributed by atoms with van der Waals surface area (Å²) in [6, 6.07) is 6.59. The molecule has 0 atom stereocenters. The fourth-order valence-corrected chi connectivity index (χ4v) is 2.22. The molecule has 1 N–H and O–H groups in total. The number of anilines is 1. The van der Waals surface area contributed by atoms with Gasteiger partial charge >= 0.3 is 0 Å². The molecule has 0 saturated heterocycles. The van der Waals surface area contributed by atoms with E-state index in [-0.39, 0.29) is 5.91 Å². The van der Waals surface area contributed by atoms with Crippen molar-refractivity contribution < 1.29 is 4.79 Å². The van der Waals surface area contributed by atoms with Crippen LogP contribution >= 0.6 is 23.2 Å². The predicted molar refractivity (Wildman–Crippen MR) is 77.4 cm³/mol. The second-order valence-electron chi connectivity index (χ2n) is 4.02. The lowest BCUT2D eigenvalue weighted by Gasteiger charge is -2.06. The van der Waals surface area contributed by atoms with Crippen LogP contribution in [0.25, 0.3) is 5.65 Å². The Hall–Kier alpha value is -2.11. The van der Waals surface area contributed by atoms with Gasteiger partial charge in [-0.05, 0) is 24.3 Å². The summed E-state index contributed by atoms with van der Waals surface area (Å²) in [5, 5.41) is 7.64. The lowest BCUT2D eigenvalue weighted by Crippen LogP contribution is -2.12. The highest BCUT2D eigenvalue weighted by Crippen LogP contribution is 2.26. The van der Waals surface area contributed by atoms with Crippen molar-refractivity contribution >= 4 is 40.4 Å². The first-order valence-corrected chi connectivity index (χ1v) is 6.45. The molecule has 0 saturated carbocycles. The Morgan fingerprint density at radius 3 is 2.95 bits per heavy atom. The zero-order chi connectivity index (χ0) is 14.1. The molecule has 1 amide bonds. The van der Waals surface area contributed by atoms with Crippen LogP contribution in [0.5, 0.6) is 0 Å². The number of nitrogens with zero attached hydrogens (tertiary/aromatic N) is 3. The van der Waals surface area contributed by atoms with E-state index in [1.807, 2.05) is 0 Å². The van der Waals surface area contributed by atoms with Crippen molar-refractivity contribution in [1.29, 1.82) is 0 Å². The Morgan fingerprint density at radius 1 is 1.30 bits per heavy atom. The standard InChI is InChI=1S/C13H8Cl2N4O/c14-8-2-3-11(10(15)6-8)18-13(20)9-7-17-19-5-1-4-16-12(9)19/h1-7H,(H,18,20). The Balaban J connectivity index is 1.93. The maximum atomic E-state index is 12.2. The third-order valence-corrected chi connectivity index (χ3v) is 3.25. The number of amides is 1. The number of benzene rings is 1. The van der Waals surface area contributed by atoms with Crippen molar-refractivity contribution in [3.8, 4) is 0 Å². The minimum Gasteiger partial charge on any atom is -0.320 e. The first-order chi connectivity index (χ1) is 9.65. The van der Waals surface area contributed by atoms with Crippen LogP contribution in [-0.4, -0.2) is 20.5 Å². The van der Waals surface area contributed by atoms with Crippen LogP contribution in [0.4, 0.5) is 5.69 Å². The van der Waals surface area contributed by atoms with Crippen molar-refractivity contribution in [2.75, 3.05) is 5.32 Å². The van der Waals surface area contributed by atoms with Gasteiger partial charge in [0.05, 0.1) is 16.9 Å². The monoisotopic (exact) mass is 306 g/mol. The highest BCUT2D eigenvalue weighted by Gasteiger charge is 2.14. The van der Waals surface area contributed by atoms with Crippen molar-refractivity contribution in [3.63, 3.8) is 0 Å². The maximum Gasteiger partial charge on any atom is 0.261 e. The lowest BCUT2D eigenvalue weighted by atomic mass is 10.2. The van der Waals surface area contributed by atoms with Gasteiger partial charge in [0.1, 0.15) is 5.56 Å². The summed E-state index contributed by atoms with van der Waals surface area (Å²) in [6.07, 6.45) is 4.78. The average Bonchev–Trinajstić information content (AvgIpc) is 2.86. The summed E-state index contributed by atoms with van der Waals surface area (Å²) in [5.41, 5.74) is 1.34. The fraction of sp³-hybridized carbons (Fsp3) is 0. The van der Waals surface area contributed by atoms with Crippen LogP contribution in [0, 0.1) is 0 Å². The lowest BCUT2D eigenvalue weighted by molar-refractivity contribution is 0.102. The average molecular weight is 307 g/mol. The van der Waals surface area contributed by atoms with Crippen molar-refractivity contribution in [2.45, 2.75) is 0 Å². The third kappa shape index (κ3) is 2.33. The number of carbonyl (C=O) groups is 1. The third-order valence-electron chi connectivity index (χ3n) is 2.70. The van der Waals surface area contributed by atoms with E-state index in [2.05, 4.69) is 15.4 Å². The number of aromatic nitrogens is 3. The number of fused-ring (bicyclic) bond motifs is 1. The summed E-state index contributed by atoms with van der Waals surface area (Å²) in [5.74, 6) is -0.331. The topological polar surface area (TPSA) is 59.3 Å². The molecule has 0 spiro atoms. The van der Waals surface area contributed by atoms with E-state index < -0.39 is 0 Å². The molecule has 1 aromatic carbocycles. The van der Waals surface area contributed by atoms with E-state index in [1.165, 1.54) is 10.7 Å². The molecule has 0 aliphatic rings. The second-order valence-corrected chi connectivity index (χ2v) is 4.87. The molecule has 2 aromatic heterocycles. The van der Waals surface area contributed by atoms with Gasteiger partial charge in [-0.15, -0.1) is 0 Å². The number of nitrogens with one attached hydrogen (secondary N) is 1. The summed E-state index contributed by atoms with van der Waals surface area (Å²) >= 11 is 11.8. The fourth-order valence-electron chi connectivity index (χ4n) is 1.77. The molecule has 20 heavy (non-hydrogen) atoms. The van der Waals surface area contributed by atoms with Gasteiger partial charge in [0.25, 0.3) is 5.91 Å². The molecule has 7 heteroatoms. The Morgan fingerprint density at radius 2 is 2.15 bits per heavy atom. The predicted octanol–water partition coefficient (Wildman–Crippen LogP) is 3.29. The smallest absolute Gasteiger partial charge is 0.261 e. The molecule has 100 valence electrons. The molecular formula is C13H8Cl2N4O. The minimum atomic E-state index is -0.331. The van der Waals surface area contributed by atoms with Crippen LogP contribution in [0.2, 0.25) is 10.0 Å². The summed E-state index contributed by atoms with van der Waals surface area (Å²) in [4.78, 5) is 16.4. The van der Waals surface area contributed by atoms with Crippen molar-refractivity contribution in [1.82, 2.24) is 14.6 Å². The zero-order valence-corrected chi connectivity index (χ0v) is 11.6. The molecule has 0 bridgehead atoms. The molecule has 0 aliphatic heterocycles. The SMILES string of the molecule is O=C(Nc1ccc(Cl)cc1Cl)c1cnn2cccnc12. The second kappa shape index (κ2) is 5.11. The van der Waals surface area contributed by atoms with Gasteiger partial charge in [0, 0.05) is 17.4 Å². The number of halogens is 2. The van der Waals surface area contributed by atoms with Gasteiger partial charge in [-0.2, -0.15) is 5.10 Å². The quantitative estimate of drug-likeness (QED) is 0.790.